The summed E-state index contributed by atoms with van der Waals surface area (Å²) in [5, 5.41) is 21.5. The first kappa shape index (κ1) is 56.6. The Hall–Kier alpha value is -0.440. The summed E-state index contributed by atoms with van der Waals surface area (Å²) in [7, 11) is 0. The molecule has 344 valence electrons. The maximum Gasteiger partial charge on any atom is 0.301 e. The highest BCUT2D eigenvalue weighted by Crippen LogP contribution is 2.53. The van der Waals surface area contributed by atoms with Crippen LogP contribution in [-0.4, -0.2) is 97.5 Å². The van der Waals surface area contributed by atoms with Crippen LogP contribution in [0.15, 0.2) is 0 Å². The van der Waals surface area contributed by atoms with Gasteiger partial charge in [-0.15, -0.1) is 0 Å². The molecule has 0 radical (unpaired) electrons. The normalized spacial score (nSPS) is 16.9. The maximum absolute atomic E-state index is 10.9. The van der Waals surface area contributed by atoms with E-state index in [9.17, 15) is 10.2 Å². The highest BCUT2D eigenvalue weighted by Gasteiger charge is 2.79. The molecule has 0 aliphatic carbocycles. The van der Waals surface area contributed by atoms with Crippen LogP contribution < -0.4 is 5.73 Å². The van der Waals surface area contributed by atoms with Gasteiger partial charge in [-0.1, -0.05) is 120 Å². The average molecular weight is 822 g/mol. The van der Waals surface area contributed by atoms with Gasteiger partial charge in [0.15, 0.2) is 0 Å². The van der Waals surface area contributed by atoms with E-state index in [1.54, 1.807) is 13.8 Å². The summed E-state index contributed by atoms with van der Waals surface area (Å²) in [6, 6.07) is 0. The minimum Gasteiger partial charge on any atom is -0.393 e. The Kier molecular flexibility index (Phi) is 33.0. The minimum absolute atomic E-state index is 0.193. The summed E-state index contributed by atoms with van der Waals surface area (Å²) in [5.74, 6) is -7.98. The molecule has 0 bridgehead atoms. The van der Waals surface area contributed by atoms with E-state index < -0.39 is 47.7 Å². The van der Waals surface area contributed by atoms with E-state index in [1.807, 2.05) is 41.5 Å². The van der Waals surface area contributed by atoms with Crippen molar-refractivity contribution in [2.45, 2.75) is 259 Å². The highest BCUT2D eigenvalue weighted by atomic mass is 16.9. The van der Waals surface area contributed by atoms with Crippen molar-refractivity contribution in [1.29, 1.82) is 0 Å². The van der Waals surface area contributed by atoms with E-state index in [2.05, 4.69) is 20.8 Å². The SMILES string of the molecule is CCCCCCCCCCCCC(OCCC)(OCCC)C(OCCC)(OC(CC)CC(C)O)C(OCCC)(OCCC)C(N)(OCCC)OC(CC)CC(C)O. The first-order chi connectivity index (χ1) is 27.4. The Bertz CT molecular complexity index is 894. The van der Waals surface area contributed by atoms with Crippen LogP contribution in [-0.2, 0) is 37.9 Å². The van der Waals surface area contributed by atoms with Crippen molar-refractivity contribution in [3.05, 3.63) is 0 Å². The lowest BCUT2D eigenvalue weighted by atomic mass is 9.86. The van der Waals surface area contributed by atoms with E-state index in [-0.39, 0.29) is 26.4 Å². The molecule has 0 rings (SSSR count). The van der Waals surface area contributed by atoms with E-state index in [4.69, 9.17) is 43.6 Å². The summed E-state index contributed by atoms with van der Waals surface area (Å²) < 4.78 is 57.1. The molecule has 6 atom stereocenters. The van der Waals surface area contributed by atoms with Gasteiger partial charge in [-0.2, -0.15) is 0 Å². The lowest BCUT2D eigenvalue weighted by Gasteiger charge is -2.60. The topological polar surface area (TPSA) is 140 Å². The zero-order chi connectivity index (χ0) is 43.1. The molecule has 0 spiro atoms. The molecule has 0 amide bonds. The number of aliphatic hydroxyl groups is 2. The summed E-state index contributed by atoms with van der Waals surface area (Å²) in [5.41, 5.74) is 7.68. The zero-order valence-electron chi connectivity index (χ0n) is 39.1. The van der Waals surface area contributed by atoms with Crippen LogP contribution in [0.3, 0.4) is 0 Å². The van der Waals surface area contributed by atoms with E-state index in [1.165, 1.54) is 44.9 Å². The predicted molar refractivity (Wildman–Crippen MR) is 232 cm³/mol. The molecule has 6 unspecified atom stereocenters. The fourth-order valence-corrected chi connectivity index (χ4v) is 7.28. The lowest BCUT2D eigenvalue weighted by molar-refractivity contribution is -0.554. The summed E-state index contributed by atoms with van der Waals surface area (Å²) in [6.07, 6.45) is 15.1. The van der Waals surface area contributed by atoms with Gasteiger partial charge in [0.05, 0.1) is 50.8 Å². The fourth-order valence-electron chi connectivity index (χ4n) is 7.28. The van der Waals surface area contributed by atoms with Gasteiger partial charge in [0.2, 0.25) is 5.79 Å². The van der Waals surface area contributed by atoms with Crippen molar-refractivity contribution >= 4 is 0 Å². The molecule has 11 nitrogen and oxygen atoms in total. The molecule has 11 heteroatoms. The third kappa shape index (κ3) is 19.0. The van der Waals surface area contributed by atoms with Gasteiger partial charge in [-0.3, -0.25) is 5.73 Å². The first-order valence-corrected chi connectivity index (χ1v) is 23.7. The first-order valence-electron chi connectivity index (χ1n) is 23.7. The van der Waals surface area contributed by atoms with Crippen molar-refractivity contribution in [2.24, 2.45) is 5.73 Å². The molecule has 0 aromatic rings. The van der Waals surface area contributed by atoms with Crippen LogP contribution in [0.25, 0.3) is 0 Å². The predicted octanol–water partition coefficient (Wildman–Crippen LogP) is 10.7. The molecule has 4 N–H and O–H groups in total. The van der Waals surface area contributed by atoms with Gasteiger partial charge in [0, 0.05) is 19.6 Å². The molecule has 0 heterocycles. The summed E-state index contributed by atoms with van der Waals surface area (Å²) in [6.45, 7) is 23.5. The van der Waals surface area contributed by atoms with E-state index in [0.29, 0.717) is 83.8 Å². The lowest BCUT2D eigenvalue weighted by Crippen LogP contribution is -2.84. The van der Waals surface area contributed by atoms with Gasteiger partial charge in [-0.25, -0.2) is 0 Å². The Labute approximate surface area is 351 Å². The summed E-state index contributed by atoms with van der Waals surface area (Å²) >= 11 is 0. The Balaban J connectivity index is 8.34. The molecular formula is C46H95NO10. The van der Waals surface area contributed by atoms with Crippen LogP contribution in [0.1, 0.15) is 211 Å². The second-order valence-electron chi connectivity index (χ2n) is 16.1. The smallest absolute Gasteiger partial charge is 0.301 e. The number of nitrogens with two attached hydrogens (primary N) is 1. The van der Waals surface area contributed by atoms with E-state index in [0.717, 1.165) is 19.3 Å². The number of unbranched alkanes of at least 4 members (excludes halogenated alkanes) is 9. The van der Waals surface area contributed by atoms with Crippen molar-refractivity contribution in [1.82, 2.24) is 0 Å². The quantitative estimate of drug-likeness (QED) is 0.0400. The van der Waals surface area contributed by atoms with Crippen LogP contribution in [0.2, 0.25) is 0 Å². The Morgan fingerprint density at radius 3 is 1.16 bits per heavy atom. The number of hydrogen-bond acceptors (Lipinski definition) is 11. The fraction of sp³-hybridized carbons (Fsp3) is 1.00. The van der Waals surface area contributed by atoms with Crippen molar-refractivity contribution in [3.8, 4) is 0 Å². The van der Waals surface area contributed by atoms with Gasteiger partial charge >= 0.3 is 5.79 Å². The molecule has 57 heavy (non-hydrogen) atoms. The van der Waals surface area contributed by atoms with Crippen molar-refractivity contribution < 1.29 is 48.1 Å². The molecular weight excluding hydrogens is 727 g/mol. The zero-order valence-corrected chi connectivity index (χ0v) is 39.1. The van der Waals surface area contributed by atoms with Crippen LogP contribution in [0.5, 0.6) is 0 Å². The maximum atomic E-state index is 10.9. The third-order valence-electron chi connectivity index (χ3n) is 10.2. The molecule has 0 saturated carbocycles. The summed E-state index contributed by atoms with van der Waals surface area (Å²) in [4.78, 5) is 0. The van der Waals surface area contributed by atoms with Crippen molar-refractivity contribution in [2.75, 3.05) is 39.6 Å². The van der Waals surface area contributed by atoms with Crippen LogP contribution in [0.4, 0.5) is 0 Å². The largest absolute Gasteiger partial charge is 0.393 e. The van der Waals surface area contributed by atoms with Gasteiger partial charge in [0.1, 0.15) is 0 Å². The molecule has 0 aromatic carbocycles. The van der Waals surface area contributed by atoms with Gasteiger partial charge < -0.3 is 48.1 Å². The molecule has 0 fully saturated rings. The second-order valence-corrected chi connectivity index (χ2v) is 16.1. The van der Waals surface area contributed by atoms with Crippen LogP contribution in [0, 0.1) is 0 Å². The molecule has 0 aliphatic rings. The third-order valence-corrected chi connectivity index (χ3v) is 10.2. The molecule has 0 saturated heterocycles. The van der Waals surface area contributed by atoms with Crippen molar-refractivity contribution in [3.63, 3.8) is 0 Å². The monoisotopic (exact) mass is 822 g/mol. The second kappa shape index (κ2) is 33.2. The Morgan fingerprint density at radius 2 is 0.772 bits per heavy atom. The molecule has 0 aromatic heterocycles. The van der Waals surface area contributed by atoms with Gasteiger partial charge in [0.25, 0.3) is 11.7 Å². The van der Waals surface area contributed by atoms with Gasteiger partial charge in [-0.05, 0) is 84.5 Å². The van der Waals surface area contributed by atoms with Crippen LogP contribution >= 0.6 is 0 Å². The average Bonchev–Trinajstić information content (AvgIpc) is 3.19. The number of aliphatic hydroxyl groups excluding tert-OH is 2. The number of ether oxygens (including phenoxy) is 8. The number of rotatable bonds is 42. The Morgan fingerprint density at radius 1 is 0.421 bits per heavy atom. The minimum atomic E-state index is -2.16. The highest BCUT2D eigenvalue weighted by molar-refractivity contribution is 5.09. The standard InChI is InChI=1S/C46H95NO10/c1-12-21-22-23-24-25-26-27-28-29-30-43(50-31-13-2,51-32-14-3)44(52-33-15-4,56-41(19-8)37-39(10)48)45(53-34-16-5,54-35-17-6)46(47,55-36-18-7)57-42(20-9)38-40(11)49/h39-42,48-49H,12-38,47H2,1-11H3. The van der Waals surface area contributed by atoms with E-state index >= 15 is 0 Å². The molecule has 0 aliphatic heterocycles. The number of hydrogen-bond donors (Lipinski definition) is 3.